The van der Waals surface area contributed by atoms with E-state index >= 15 is 0 Å². The topological polar surface area (TPSA) is 21.8 Å². The number of nitrogens with zero attached hydrogens (tertiary/aromatic N) is 3. The van der Waals surface area contributed by atoms with Crippen LogP contribution in [0, 0.1) is 5.92 Å². The lowest BCUT2D eigenvalue weighted by Gasteiger charge is -2.40. The maximum Gasteiger partial charge on any atom is 0.0244 e. The van der Waals surface area contributed by atoms with Crippen molar-refractivity contribution in [2.45, 2.75) is 45.3 Å². The van der Waals surface area contributed by atoms with Crippen LogP contribution in [-0.2, 0) is 0 Å². The van der Waals surface area contributed by atoms with Gasteiger partial charge in [0.2, 0.25) is 0 Å². The van der Waals surface area contributed by atoms with Crippen molar-refractivity contribution < 1.29 is 0 Å². The molecule has 4 heteroatoms. The Balaban J connectivity index is 1.81. The van der Waals surface area contributed by atoms with Crippen LogP contribution in [0.4, 0.5) is 0 Å². The van der Waals surface area contributed by atoms with Gasteiger partial charge in [-0.15, -0.1) is 0 Å². The third kappa shape index (κ3) is 4.17. The Morgan fingerprint density at radius 3 is 2.25 bits per heavy atom. The summed E-state index contributed by atoms with van der Waals surface area (Å²) in [6, 6.07) is 2.10. The largest absolute Gasteiger partial charge is 0.311 e. The lowest BCUT2D eigenvalue weighted by Crippen LogP contribution is -2.54. The van der Waals surface area contributed by atoms with Crippen LogP contribution in [0.25, 0.3) is 0 Å². The van der Waals surface area contributed by atoms with Crippen molar-refractivity contribution in [3.05, 3.63) is 0 Å². The Hall–Kier alpha value is -0.160. The van der Waals surface area contributed by atoms with Gasteiger partial charge in [-0.3, -0.25) is 4.90 Å². The first kappa shape index (κ1) is 16.2. The molecule has 0 radical (unpaired) electrons. The fourth-order valence-electron chi connectivity index (χ4n) is 3.57. The van der Waals surface area contributed by atoms with E-state index in [1.165, 1.54) is 39.1 Å². The highest BCUT2D eigenvalue weighted by molar-refractivity contribution is 4.88. The molecule has 0 bridgehead atoms. The molecule has 0 amide bonds. The van der Waals surface area contributed by atoms with Crippen molar-refractivity contribution in [3.63, 3.8) is 0 Å². The van der Waals surface area contributed by atoms with Crippen LogP contribution < -0.4 is 5.32 Å². The van der Waals surface area contributed by atoms with E-state index in [0.29, 0.717) is 12.1 Å². The van der Waals surface area contributed by atoms with E-state index in [1.807, 2.05) is 0 Å². The van der Waals surface area contributed by atoms with Crippen LogP contribution in [0.15, 0.2) is 0 Å². The third-order valence-corrected chi connectivity index (χ3v) is 5.28. The SMILES string of the molecule is CC(C)C(CNC1CC(C)N(C)C1)N1CCN(C)CC1. The first-order valence-electron chi connectivity index (χ1n) is 8.33. The fourth-order valence-corrected chi connectivity index (χ4v) is 3.57. The lowest BCUT2D eigenvalue weighted by atomic mass is 10.0. The van der Waals surface area contributed by atoms with Gasteiger partial charge < -0.3 is 15.1 Å². The summed E-state index contributed by atoms with van der Waals surface area (Å²) >= 11 is 0. The molecule has 2 aliphatic heterocycles. The second-order valence-electron chi connectivity index (χ2n) is 7.28. The van der Waals surface area contributed by atoms with E-state index < -0.39 is 0 Å². The number of nitrogens with one attached hydrogen (secondary N) is 1. The number of rotatable bonds is 5. The molecule has 118 valence electrons. The Labute approximate surface area is 125 Å². The number of hydrogen-bond acceptors (Lipinski definition) is 4. The molecule has 1 N–H and O–H groups in total. The summed E-state index contributed by atoms with van der Waals surface area (Å²) in [6.07, 6.45) is 1.30. The van der Waals surface area contributed by atoms with Crippen LogP contribution in [0.3, 0.4) is 0 Å². The summed E-state index contributed by atoms with van der Waals surface area (Å²) in [5.41, 5.74) is 0. The average Bonchev–Trinajstić information content (AvgIpc) is 2.71. The van der Waals surface area contributed by atoms with E-state index in [1.54, 1.807) is 0 Å². The Morgan fingerprint density at radius 2 is 1.75 bits per heavy atom. The molecule has 3 atom stereocenters. The van der Waals surface area contributed by atoms with Gasteiger partial charge in [-0.1, -0.05) is 13.8 Å². The molecule has 4 nitrogen and oxygen atoms in total. The van der Waals surface area contributed by atoms with Crippen molar-refractivity contribution >= 4 is 0 Å². The highest BCUT2D eigenvalue weighted by atomic mass is 15.3. The highest BCUT2D eigenvalue weighted by Gasteiger charge is 2.29. The van der Waals surface area contributed by atoms with Crippen LogP contribution in [0.5, 0.6) is 0 Å². The second kappa shape index (κ2) is 7.21. The van der Waals surface area contributed by atoms with Crippen molar-refractivity contribution in [2.75, 3.05) is 53.4 Å². The van der Waals surface area contributed by atoms with Crippen molar-refractivity contribution in [2.24, 2.45) is 5.92 Å². The molecule has 0 aromatic heterocycles. The van der Waals surface area contributed by atoms with Gasteiger partial charge in [-0.05, 0) is 33.4 Å². The first-order valence-corrected chi connectivity index (χ1v) is 8.33. The normalized spacial score (nSPS) is 32.1. The van der Waals surface area contributed by atoms with Gasteiger partial charge in [-0.2, -0.15) is 0 Å². The van der Waals surface area contributed by atoms with Crippen LogP contribution in [0.2, 0.25) is 0 Å². The molecular formula is C16H34N4. The van der Waals surface area contributed by atoms with Crippen LogP contribution in [-0.4, -0.2) is 86.2 Å². The van der Waals surface area contributed by atoms with Crippen molar-refractivity contribution in [3.8, 4) is 0 Å². The molecule has 0 spiro atoms. The fraction of sp³-hybridized carbons (Fsp3) is 1.00. The molecular weight excluding hydrogens is 248 g/mol. The average molecular weight is 282 g/mol. The maximum absolute atomic E-state index is 3.84. The smallest absolute Gasteiger partial charge is 0.0244 e. The highest BCUT2D eigenvalue weighted by Crippen LogP contribution is 2.17. The van der Waals surface area contributed by atoms with Gasteiger partial charge in [-0.25, -0.2) is 0 Å². The predicted octanol–water partition coefficient (Wildman–Crippen LogP) is 0.941. The van der Waals surface area contributed by atoms with E-state index in [9.17, 15) is 0 Å². The Morgan fingerprint density at radius 1 is 1.10 bits per heavy atom. The Bertz CT molecular complexity index is 276. The standard InChI is InChI=1S/C16H34N4/c1-13(2)16(20-8-6-18(4)7-9-20)11-17-15-10-14(3)19(5)12-15/h13-17H,6-12H2,1-5H3. The van der Waals surface area contributed by atoms with Crippen molar-refractivity contribution in [1.82, 2.24) is 20.0 Å². The van der Waals surface area contributed by atoms with E-state index in [0.717, 1.165) is 18.5 Å². The molecule has 0 aromatic carbocycles. The second-order valence-corrected chi connectivity index (χ2v) is 7.28. The summed E-state index contributed by atoms with van der Waals surface area (Å²) in [5.74, 6) is 0.725. The molecule has 3 unspecified atom stereocenters. The molecule has 20 heavy (non-hydrogen) atoms. The van der Waals surface area contributed by atoms with Gasteiger partial charge in [0.15, 0.2) is 0 Å². The zero-order chi connectivity index (χ0) is 14.7. The predicted molar refractivity (Wildman–Crippen MR) is 86.2 cm³/mol. The number of likely N-dealkylation sites (tertiary alicyclic amines) is 1. The molecule has 2 aliphatic rings. The number of piperazine rings is 1. The van der Waals surface area contributed by atoms with Crippen LogP contribution in [0.1, 0.15) is 27.2 Å². The number of hydrogen-bond donors (Lipinski definition) is 1. The zero-order valence-corrected chi connectivity index (χ0v) is 14.1. The van der Waals surface area contributed by atoms with Gasteiger partial charge in [0.1, 0.15) is 0 Å². The van der Waals surface area contributed by atoms with Gasteiger partial charge in [0, 0.05) is 57.4 Å². The molecule has 0 aromatic rings. The minimum atomic E-state index is 0.684. The van der Waals surface area contributed by atoms with Gasteiger partial charge in [0.25, 0.3) is 0 Å². The molecule has 0 saturated carbocycles. The summed E-state index contributed by atoms with van der Waals surface area (Å²) in [6.45, 7) is 14.3. The molecule has 2 fully saturated rings. The molecule has 0 aliphatic carbocycles. The van der Waals surface area contributed by atoms with Gasteiger partial charge in [0.05, 0.1) is 0 Å². The maximum atomic E-state index is 3.84. The van der Waals surface area contributed by atoms with Crippen molar-refractivity contribution in [1.29, 1.82) is 0 Å². The quantitative estimate of drug-likeness (QED) is 0.810. The molecule has 2 saturated heterocycles. The summed E-state index contributed by atoms with van der Waals surface area (Å²) < 4.78 is 0. The van der Waals surface area contributed by atoms with E-state index in [4.69, 9.17) is 0 Å². The summed E-state index contributed by atoms with van der Waals surface area (Å²) in [5, 5.41) is 3.84. The summed E-state index contributed by atoms with van der Waals surface area (Å²) in [7, 11) is 4.47. The van der Waals surface area contributed by atoms with Crippen LogP contribution >= 0.6 is 0 Å². The summed E-state index contributed by atoms with van der Waals surface area (Å²) in [4.78, 5) is 7.60. The number of likely N-dealkylation sites (N-methyl/N-ethyl adjacent to an activating group) is 2. The zero-order valence-electron chi connectivity index (χ0n) is 14.1. The first-order chi connectivity index (χ1) is 9.47. The third-order valence-electron chi connectivity index (χ3n) is 5.28. The Kier molecular flexibility index (Phi) is 5.84. The minimum absolute atomic E-state index is 0.684. The van der Waals surface area contributed by atoms with Gasteiger partial charge >= 0.3 is 0 Å². The minimum Gasteiger partial charge on any atom is -0.311 e. The lowest BCUT2D eigenvalue weighted by molar-refractivity contribution is 0.0862. The molecule has 2 rings (SSSR count). The van der Waals surface area contributed by atoms with E-state index in [2.05, 4.69) is 54.9 Å². The van der Waals surface area contributed by atoms with E-state index in [-0.39, 0.29) is 0 Å². The molecule has 2 heterocycles. The monoisotopic (exact) mass is 282 g/mol.